The molecule has 0 unspecified atom stereocenters. The van der Waals surface area contributed by atoms with Crippen LogP contribution in [0.1, 0.15) is 12.0 Å². The van der Waals surface area contributed by atoms with Gasteiger partial charge in [-0.05, 0) is 36.2 Å². The lowest BCUT2D eigenvalue weighted by Crippen LogP contribution is -2.13. The number of benzene rings is 2. The van der Waals surface area contributed by atoms with E-state index >= 15 is 0 Å². The quantitative estimate of drug-likeness (QED) is 0.772. The lowest BCUT2D eigenvalue weighted by Gasteiger charge is -2.02. The Kier molecular flexibility index (Phi) is 3.64. The average molecular weight is 283 g/mol. The predicted molar refractivity (Wildman–Crippen MR) is 79.4 cm³/mol. The number of nitrogens with zero attached hydrogens (tertiary/aromatic N) is 1. The van der Waals surface area contributed by atoms with Crippen LogP contribution in [-0.4, -0.2) is 15.9 Å². The molecule has 1 heterocycles. The first kappa shape index (κ1) is 13.3. The number of aryl methyl sites for hydroxylation is 1. The van der Waals surface area contributed by atoms with Crippen LogP contribution in [0.25, 0.3) is 11.0 Å². The summed E-state index contributed by atoms with van der Waals surface area (Å²) in [4.78, 5) is 19.2. The van der Waals surface area contributed by atoms with Crippen molar-refractivity contribution in [3.05, 3.63) is 59.9 Å². The normalized spacial score (nSPS) is 10.7. The molecular formula is C16H14FN3O. The molecule has 0 aliphatic heterocycles. The van der Waals surface area contributed by atoms with E-state index in [0.29, 0.717) is 18.8 Å². The van der Waals surface area contributed by atoms with Gasteiger partial charge in [0.25, 0.3) is 0 Å². The standard InChI is InChI=1S/C16H14FN3O/c17-12-8-5-11(6-9-12)7-10-15(21)20-16-18-13-3-1-2-4-14(13)19-16/h1-6,8-9H,7,10H2,(H2,18,19,20,21). The third-order valence-electron chi connectivity index (χ3n) is 3.20. The van der Waals surface area contributed by atoms with E-state index in [-0.39, 0.29) is 11.7 Å². The average Bonchev–Trinajstić information content (AvgIpc) is 2.88. The second-order valence-corrected chi connectivity index (χ2v) is 4.78. The van der Waals surface area contributed by atoms with Gasteiger partial charge in [-0.2, -0.15) is 0 Å². The summed E-state index contributed by atoms with van der Waals surface area (Å²) in [6, 6.07) is 13.7. The molecule has 2 aromatic carbocycles. The Bertz CT molecular complexity index is 732. The maximum Gasteiger partial charge on any atom is 0.227 e. The molecule has 3 aromatic rings. The fraction of sp³-hybridized carbons (Fsp3) is 0.125. The highest BCUT2D eigenvalue weighted by molar-refractivity contribution is 5.91. The third-order valence-corrected chi connectivity index (χ3v) is 3.20. The highest BCUT2D eigenvalue weighted by atomic mass is 19.1. The number of imidazole rings is 1. The van der Waals surface area contributed by atoms with E-state index in [9.17, 15) is 9.18 Å². The molecule has 0 spiro atoms. The Balaban J connectivity index is 1.59. The fourth-order valence-corrected chi connectivity index (χ4v) is 2.12. The van der Waals surface area contributed by atoms with Crippen LogP contribution in [0.3, 0.4) is 0 Å². The number of carbonyl (C=O) groups excluding carboxylic acids is 1. The Morgan fingerprint density at radius 1 is 1.14 bits per heavy atom. The molecule has 1 aromatic heterocycles. The Morgan fingerprint density at radius 3 is 2.67 bits per heavy atom. The molecule has 0 fully saturated rings. The number of hydrogen-bond donors (Lipinski definition) is 2. The second kappa shape index (κ2) is 5.75. The zero-order chi connectivity index (χ0) is 14.7. The van der Waals surface area contributed by atoms with Gasteiger partial charge in [-0.3, -0.25) is 10.1 Å². The Labute approximate surface area is 121 Å². The summed E-state index contributed by atoms with van der Waals surface area (Å²) in [5.74, 6) is 0.0455. The SMILES string of the molecule is O=C(CCc1ccc(F)cc1)Nc1nc2ccccc2[nH]1. The van der Waals surface area contributed by atoms with Crippen molar-refractivity contribution in [3.8, 4) is 0 Å². The molecular weight excluding hydrogens is 269 g/mol. The van der Waals surface area contributed by atoms with E-state index in [1.807, 2.05) is 24.3 Å². The van der Waals surface area contributed by atoms with Gasteiger partial charge in [0.2, 0.25) is 11.9 Å². The summed E-state index contributed by atoms with van der Waals surface area (Å²) in [5.41, 5.74) is 2.62. The Morgan fingerprint density at radius 2 is 1.90 bits per heavy atom. The van der Waals surface area contributed by atoms with Crippen LogP contribution in [0.15, 0.2) is 48.5 Å². The molecule has 1 amide bonds. The van der Waals surface area contributed by atoms with Crippen molar-refractivity contribution in [2.75, 3.05) is 5.32 Å². The molecule has 2 N–H and O–H groups in total. The molecule has 0 aliphatic carbocycles. The van der Waals surface area contributed by atoms with Gasteiger partial charge >= 0.3 is 0 Å². The molecule has 5 heteroatoms. The number of hydrogen-bond acceptors (Lipinski definition) is 2. The van der Waals surface area contributed by atoms with Crippen LogP contribution in [0.2, 0.25) is 0 Å². The van der Waals surface area contributed by atoms with Gasteiger partial charge in [0.15, 0.2) is 0 Å². The van der Waals surface area contributed by atoms with E-state index < -0.39 is 0 Å². The van der Waals surface area contributed by atoms with Crippen molar-refractivity contribution < 1.29 is 9.18 Å². The summed E-state index contributed by atoms with van der Waals surface area (Å²) in [6.45, 7) is 0. The van der Waals surface area contributed by atoms with Crippen LogP contribution in [0.5, 0.6) is 0 Å². The number of anilines is 1. The van der Waals surface area contributed by atoms with E-state index in [1.165, 1.54) is 12.1 Å². The number of rotatable bonds is 4. The van der Waals surface area contributed by atoms with Gasteiger partial charge in [0.05, 0.1) is 11.0 Å². The first-order chi connectivity index (χ1) is 10.2. The summed E-state index contributed by atoms with van der Waals surface area (Å²) >= 11 is 0. The molecule has 106 valence electrons. The lowest BCUT2D eigenvalue weighted by atomic mass is 10.1. The van der Waals surface area contributed by atoms with Crippen LogP contribution >= 0.6 is 0 Å². The minimum Gasteiger partial charge on any atom is -0.324 e. The van der Waals surface area contributed by atoms with Gasteiger partial charge in [-0.15, -0.1) is 0 Å². The highest BCUT2D eigenvalue weighted by Gasteiger charge is 2.07. The van der Waals surface area contributed by atoms with Crippen molar-refractivity contribution in [1.82, 2.24) is 9.97 Å². The third kappa shape index (κ3) is 3.25. The number of aromatic nitrogens is 2. The number of aromatic amines is 1. The number of fused-ring (bicyclic) bond motifs is 1. The van der Waals surface area contributed by atoms with Gasteiger partial charge in [-0.25, -0.2) is 9.37 Å². The summed E-state index contributed by atoms with van der Waals surface area (Å²) in [7, 11) is 0. The van der Waals surface area contributed by atoms with Crippen molar-refractivity contribution in [3.63, 3.8) is 0 Å². The first-order valence-corrected chi connectivity index (χ1v) is 6.70. The smallest absolute Gasteiger partial charge is 0.227 e. The van der Waals surface area contributed by atoms with Gasteiger partial charge < -0.3 is 4.98 Å². The fourth-order valence-electron chi connectivity index (χ4n) is 2.12. The summed E-state index contributed by atoms with van der Waals surface area (Å²) < 4.78 is 12.8. The van der Waals surface area contributed by atoms with Crippen LogP contribution < -0.4 is 5.32 Å². The zero-order valence-corrected chi connectivity index (χ0v) is 11.3. The number of carbonyl (C=O) groups is 1. The topological polar surface area (TPSA) is 57.8 Å². The van der Waals surface area contributed by atoms with E-state index in [2.05, 4.69) is 15.3 Å². The molecule has 0 atom stereocenters. The molecule has 0 saturated carbocycles. The molecule has 21 heavy (non-hydrogen) atoms. The maximum absolute atomic E-state index is 12.8. The van der Waals surface area contributed by atoms with E-state index in [4.69, 9.17) is 0 Å². The van der Waals surface area contributed by atoms with Crippen molar-refractivity contribution in [2.45, 2.75) is 12.8 Å². The molecule has 3 rings (SSSR count). The Hall–Kier alpha value is -2.69. The summed E-state index contributed by atoms with van der Waals surface area (Å²) in [6.07, 6.45) is 0.884. The largest absolute Gasteiger partial charge is 0.324 e. The van der Waals surface area contributed by atoms with Gasteiger partial charge in [0, 0.05) is 6.42 Å². The van der Waals surface area contributed by atoms with Crippen molar-refractivity contribution >= 4 is 22.9 Å². The second-order valence-electron chi connectivity index (χ2n) is 4.78. The van der Waals surface area contributed by atoms with Gasteiger partial charge in [-0.1, -0.05) is 24.3 Å². The van der Waals surface area contributed by atoms with Crippen molar-refractivity contribution in [1.29, 1.82) is 0 Å². The minimum absolute atomic E-state index is 0.126. The van der Waals surface area contributed by atoms with Crippen LogP contribution in [0.4, 0.5) is 10.3 Å². The van der Waals surface area contributed by atoms with E-state index in [1.54, 1.807) is 12.1 Å². The monoisotopic (exact) mass is 283 g/mol. The number of halogens is 1. The minimum atomic E-state index is -0.273. The van der Waals surface area contributed by atoms with Gasteiger partial charge in [0.1, 0.15) is 5.82 Å². The van der Waals surface area contributed by atoms with Crippen LogP contribution in [-0.2, 0) is 11.2 Å². The maximum atomic E-state index is 12.8. The number of para-hydroxylation sites is 2. The number of amides is 1. The zero-order valence-electron chi connectivity index (χ0n) is 11.3. The lowest BCUT2D eigenvalue weighted by molar-refractivity contribution is -0.116. The van der Waals surface area contributed by atoms with E-state index in [0.717, 1.165) is 16.6 Å². The first-order valence-electron chi connectivity index (χ1n) is 6.70. The highest BCUT2D eigenvalue weighted by Crippen LogP contribution is 2.13. The number of nitrogens with one attached hydrogen (secondary N) is 2. The van der Waals surface area contributed by atoms with Crippen LogP contribution in [0, 0.1) is 5.82 Å². The molecule has 0 radical (unpaired) electrons. The molecule has 4 nitrogen and oxygen atoms in total. The molecule has 0 saturated heterocycles. The van der Waals surface area contributed by atoms with Crippen molar-refractivity contribution in [2.24, 2.45) is 0 Å². The molecule has 0 bridgehead atoms. The molecule has 0 aliphatic rings. The summed E-state index contributed by atoms with van der Waals surface area (Å²) in [5, 5.41) is 2.73. The predicted octanol–water partition coefficient (Wildman–Crippen LogP) is 3.27. The number of H-pyrrole nitrogens is 1.